The number of benzene rings is 1. The highest BCUT2D eigenvalue weighted by Crippen LogP contribution is 2.38. The van der Waals surface area contributed by atoms with Gasteiger partial charge in [-0.1, -0.05) is 22.9 Å². The maximum absolute atomic E-state index is 10.8. The van der Waals surface area contributed by atoms with E-state index in [4.69, 9.17) is 31.9 Å². The lowest BCUT2D eigenvalue weighted by Crippen LogP contribution is -2.32. The number of ether oxygens (including phenoxy) is 1. The molecule has 2 aromatic heterocycles. The highest BCUT2D eigenvalue weighted by Gasteiger charge is 2.18. The van der Waals surface area contributed by atoms with Crippen LogP contribution in [0.2, 0.25) is 5.02 Å². The molecule has 0 bridgehead atoms. The lowest BCUT2D eigenvalue weighted by molar-refractivity contribution is 0.165. The van der Waals surface area contributed by atoms with E-state index >= 15 is 0 Å². The maximum atomic E-state index is 10.8. The molecule has 178 valence electrons. The van der Waals surface area contributed by atoms with Crippen LogP contribution in [-0.4, -0.2) is 50.3 Å². The number of phosphoric acid groups is 1. The first-order chi connectivity index (χ1) is 15.5. The number of aromatic nitrogens is 3. The Morgan fingerprint density at radius 2 is 1.94 bits per heavy atom. The van der Waals surface area contributed by atoms with Gasteiger partial charge in [-0.05, 0) is 50.6 Å². The van der Waals surface area contributed by atoms with Gasteiger partial charge in [0, 0.05) is 23.4 Å². The topological polar surface area (TPSA) is 153 Å². The maximum Gasteiger partial charge on any atom is 0.469 e. The molecule has 0 spiro atoms. The standard InChI is InChI=1S/C20H25ClN5O5PS/c1-11(2)24-18-5-4-13(8-23-18)19-25-26-20(33-19)15-6-12(3)17(7-16(15)21)30-9-14(22)10-31-32(27,28)29/h4-8,11,14H,9-10,22H2,1-3H3,(H,23,24)(H2,27,28,29)/t14-/m0/s1. The molecule has 0 saturated heterocycles. The SMILES string of the molecule is Cc1cc(-c2nnc(-c3ccc(NC(C)C)nc3)s2)c(Cl)cc1OC[C@H](N)COP(=O)(O)O. The Morgan fingerprint density at radius 3 is 2.58 bits per heavy atom. The molecular weight excluding hydrogens is 489 g/mol. The molecule has 1 atom stereocenters. The lowest BCUT2D eigenvalue weighted by atomic mass is 10.1. The number of rotatable bonds is 10. The normalized spacial score (nSPS) is 12.7. The third-order valence-corrected chi connectivity index (χ3v) is 6.08. The van der Waals surface area contributed by atoms with Crippen molar-refractivity contribution in [3.63, 3.8) is 0 Å². The minimum atomic E-state index is -4.58. The first-order valence-corrected chi connectivity index (χ1v) is 12.7. The van der Waals surface area contributed by atoms with Gasteiger partial charge >= 0.3 is 7.82 Å². The molecule has 0 aliphatic carbocycles. The fourth-order valence-electron chi connectivity index (χ4n) is 2.77. The van der Waals surface area contributed by atoms with E-state index in [1.807, 2.05) is 39.0 Å². The number of nitrogens with one attached hydrogen (secondary N) is 1. The minimum absolute atomic E-state index is 0.00582. The monoisotopic (exact) mass is 513 g/mol. The van der Waals surface area contributed by atoms with E-state index in [9.17, 15) is 4.57 Å². The van der Waals surface area contributed by atoms with Crippen LogP contribution in [0.3, 0.4) is 0 Å². The fraction of sp³-hybridized carbons (Fsp3) is 0.350. The van der Waals surface area contributed by atoms with E-state index in [1.165, 1.54) is 11.3 Å². The molecular formula is C20H25ClN5O5PS. The quantitative estimate of drug-likeness (QED) is 0.294. The third-order valence-electron chi connectivity index (χ3n) is 4.28. The molecule has 2 heterocycles. The van der Waals surface area contributed by atoms with Gasteiger partial charge < -0.3 is 25.6 Å². The molecule has 0 saturated carbocycles. The summed E-state index contributed by atoms with van der Waals surface area (Å²) in [6.07, 6.45) is 1.75. The molecule has 13 heteroatoms. The number of halogens is 1. The predicted molar refractivity (Wildman–Crippen MR) is 129 cm³/mol. The number of hydrogen-bond donors (Lipinski definition) is 4. The third kappa shape index (κ3) is 7.44. The van der Waals surface area contributed by atoms with Crippen molar-refractivity contribution >= 4 is 36.6 Å². The average Bonchev–Trinajstić information content (AvgIpc) is 3.22. The molecule has 0 radical (unpaired) electrons. The summed E-state index contributed by atoms with van der Waals surface area (Å²) in [5.74, 6) is 1.29. The Hall–Kier alpha value is -2.11. The summed E-state index contributed by atoms with van der Waals surface area (Å²) >= 11 is 7.87. The molecule has 1 aromatic carbocycles. The number of hydrogen-bond acceptors (Lipinski definition) is 9. The largest absolute Gasteiger partial charge is 0.492 e. The van der Waals surface area contributed by atoms with Gasteiger partial charge in [-0.2, -0.15) is 0 Å². The summed E-state index contributed by atoms with van der Waals surface area (Å²) in [7, 11) is -4.58. The van der Waals surface area contributed by atoms with Crippen LogP contribution in [0, 0.1) is 6.92 Å². The van der Waals surface area contributed by atoms with Crippen molar-refractivity contribution in [1.82, 2.24) is 15.2 Å². The Kier molecular flexibility index (Phi) is 8.41. The Labute approximate surface area is 200 Å². The Bertz CT molecular complexity index is 1140. The second-order valence-electron chi connectivity index (χ2n) is 7.60. The lowest BCUT2D eigenvalue weighted by Gasteiger charge is -2.16. The summed E-state index contributed by atoms with van der Waals surface area (Å²) in [5, 5.41) is 13.6. The molecule has 3 rings (SSSR count). The van der Waals surface area contributed by atoms with Gasteiger partial charge in [0.1, 0.15) is 28.2 Å². The predicted octanol–water partition coefficient (Wildman–Crippen LogP) is 3.86. The molecule has 5 N–H and O–H groups in total. The highest BCUT2D eigenvalue weighted by atomic mass is 35.5. The summed E-state index contributed by atoms with van der Waals surface area (Å²) in [6.45, 7) is 5.59. The zero-order valence-electron chi connectivity index (χ0n) is 18.2. The Morgan fingerprint density at radius 1 is 1.21 bits per heavy atom. The van der Waals surface area contributed by atoms with E-state index in [-0.39, 0.29) is 19.3 Å². The van der Waals surface area contributed by atoms with Crippen LogP contribution in [0.15, 0.2) is 30.5 Å². The molecule has 0 unspecified atom stereocenters. The Balaban J connectivity index is 1.70. The van der Waals surface area contributed by atoms with Crippen molar-refractivity contribution in [2.75, 3.05) is 18.5 Å². The summed E-state index contributed by atoms with van der Waals surface area (Å²) in [4.78, 5) is 21.9. The average molecular weight is 514 g/mol. The molecule has 0 aliphatic rings. The van der Waals surface area contributed by atoms with Crippen LogP contribution in [0.25, 0.3) is 21.1 Å². The van der Waals surface area contributed by atoms with Crippen LogP contribution >= 0.6 is 30.8 Å². The van der Waals surface area contributed by atoms with Gasteiger partial charge in [0.25, 0.3) is 0 Å². The van der Waals surface area contributed by atoms with Gasteiger partial charge in [0.2, 0.25) is 0 Å². The zero-order chi connectivity index (χ0) is 24.2. The number of anilines is 1. The van der Waals surface area contributed by atoms with Crippen molar-refractivity contribution < 1.29 is 23.6 Å². The van der Waals surface area contributed by atoms with Crippen LogP contribution in [0.5, 0.6) is 5.75 Å². The summed E-state index contributed by atoms with van der Waals surface area (Å²) < 4.78 is 20.8. The molecule has 0 aliphatic heterocycles. The number of nitrogens with two attached hydrogens (primary N) is 1. The first kappa shape index (κ1) is 25.5. The van der Waals surface area contributed by atoms with Crippen molar-refractivity contribution in [2.45, 2.75) is 32.9 Å². The number of nitrogens with zero attached hydrogens (tertiary/aromatic N) is 3. The first-order valence-electron chi connectivity index (χ1n) is 9.97. The van der Waals surface area contributed by atoms with Gasteiger partial charge in [-0.15, -0.1) is 10.2 Å². The smallest absolute Gasteiger partial charge is 0.469 e. The van der Waals surface area contributed by atoms with E-state index in [0.29, 0.717) is 21.3 Å². The van der Waals surface area contributed by atoms with Gasteiger partial charge in [-0.25, -0.2) is 9.55 Å². The molecule has 0 amide bonds. The zero-order valence-corrected chi connectivity index (χ0v) is 20.7. The number of aryl methyl sites for hydroxylation is 1. The number of pyridine rings is 1. The van der Waals surface area contributed by atoms with Crippen molar-refractivity contribution in [3.05, 3.63) is 41.0 Å². The highest BCUT2D eigenvalue weighted by molar-refractivity contribution is 7.46. The molecule has 10 nitrogen and oxygen atoms in total. The minimum Gasteiger partial charge on any atom is -0.492 e. The van der Waals surface area contributed by atoms with E-state index < -0.39 is 13.9 Å². The second kappa shape index (κ2) is 10.9. The van der Waals surface area contributed by atoms with E-state index in [2.05, 4.69) is 25.0 Å². The van der Waals surface area contributed by atoms with E-state index in [1.54, 1.807) is 12.3 Å². The summed E-state index contributed by atoms with van der Waals surface area (Å²) in [5.41, 5.74) is 8.14. The van der Waals surface area contributed by atoms with Crippen LogP contribution in [-0.2, 0) is 9.09 Å². The molecule has 33 heavy (non-hydrogen) atoms. The van der Waals surface area contributed by atoms with Gasteiger partial charge in [0.05, 0.1) is 17.7 Å². The second-order valence-corrected chi connectivity index (χ2v) is 10.2. The van der Waals surface area contributed by atoms with Crippen molar-refractivity contribution in [3.8, 4) is 26.9 Å². The van der Waals surface area contributed by atoms with Crippen molar-refractivity contribution in [1.29, 1.82) is 0 Å². The molecule has 3 aromatic rings. The van der Waals surface area contributed by atoms with Crippen LogP contribution in [0.4, 0.5) is 5.82 Å². The number of phosphoric ester groups is 1. The van der Waals surface area contributed by atoms with Crippen LogP contribution < -0.4 is 15.8 Å². The van der Waals surface area contributed by atoms with E-state index in [0.717, 1.165) is 22.0 Å². The van der Waals surface area contributed by atoms with Gasteiger partial charge in [-0.3, -0.25) is 4.52 Å². The molecule has 0 fully saturated rings. The van der Waals surface area contributed by atoms with Crippen molar-refractivity contribution in [2.24, 2.45) is 5.73 Å². The fourth-order valence-corrected chi connectivity index (χ4v) is 4.32. The van der Waals surface area contributed by atoms with Crippen LogP contribution in [0.1, 0.15) is 19.4 Å². The van der Waals surface area contributed by atoms with Gasteiger partial charge in [0.15, 0.2) is 0 Å². The summed E-state index contributed by atoms with van der Waals surface area (Å²) in [6, 6.07) is 6.89.